The van der Waals surface area contributed by atoms with E-state index in [0.29, 0.717) is 7.25 Å². The van der Waals surface area contributed by atoms with Crippen molar-refractivity contribution in [2.45, 2.75) is 58.9 Å². The second kappa shape index (κ2) is 9.21. The predicted octanol–water partition coefficient (Wildman–Crippen LogP) is 0.614. The number of allylic oxidation sites excluding steroid dienone is 5. The molecule has 35 heavy (non-hydrogen) atoms. The van der Waals surface area contributed by atoms with E-state index in [1.807, 2.05) is 0 Å². The van der Waals surface area contributed by atoms with Gasteiger partial charge in [0, 0.05) is 0 Å². The first-order chi connectivity index (χ1) is 15.3. The molecule has 0 N–H and O–H groups in total. The Morgan fingerprint density at radius 3 is 2.14 bits per heavy atom. The molecule has 0 saturated carbocycles. The molecule has 2 aliphatic rings. The summed E-state index contributed by atoms with van der Waals surface area (Å²) in [7, 11) is 2.84. The van der Waals surface area contributed by atoms with Crippen molar-refractivity contribution in [1.29, 1.82) is 0 Å². The minimum Gasteiger partial charge on any atom is -1.00 e. The Morgan fingerprint density at radius 1 is 0.857 bits per heavy atom. The monoisotopic (exact) mass is 637 g/mol. The van der Waals surface area contributed by atoms with Crippen LogP contribution in [0.3, 0.4) is 0 Å². The molecule has 0 bridgehead atoms. The van der Waals surface area contributed by atoms with Gasteiger partial charge in [-0.3, -0.25) is 0 Å². The molecule has 2 aromatic carbocycles. The van der Waals surface area contributed by atoms with Crippen molar-refractivity contribution < 1.29 is 39.8 Å². The van der Waals surface area contributed by atoms with E-state index >= 15 is 0 Å². The maximum absolute atomic E-state index is 4.27. The molecule has 2 atom stereocenters. The van der Waals surface area contributed by atoms with E-state index < -0.39 is 19.9 Å². The third kappa shape index (κ3) is 4.53. The molecule has 0 fully saturated rings. The maximum atomic E-state index is 2.90. The largest absolute Gasteiger partial charge is 1.00 e. The molecule has 2 aliphatic carbocycles. The van der Waals surface area contributed by atoms with Gasteiger partial charge >= 0.3 is 205 Å². The summed E-state index contributed by atoms with van der Waals surface area (Å²) >= 11 is -4.27. The van der Waals surface area contributed by atoms with E-state index in [9.17, 15) is 0 Å². The zero-order valence-corrected chi connectivity index (χ0v) is 32.2. The van der Waals surface area contributed by atoms with Crippen LogP contribution in [-0.2, 0) is 15.0 Å². The molecule has 0 saturated heterocycles. The van der Waals surface area contributed by atoms with Crippen LogP contribution in [0.1, 0.15) is 46.5 Å². The van der Waals surface area contributed by atoms with Crippen molar-refractivity contribution >= 4 is 30.6 Å². The molecule has 0 radical (unpaired) electrons. The van der Waals surface area contributed by atoms with E-state index in [1.54, 1.807) is 11.1 Å². The van der Waals surface area contributed by atoms with Crippen LogP contribution in [0.15, 0.2) is 72.3 Å². The van der Waals surface area contributed by atoms with Crippen LogP contribution in [0.25, 0.3) is 17.2 Å². The first-order valence-electron chi connectivity index (χ1n) is 13.2. The van der Waals surface area contributed by atoms with Crippen LogP contribution >= 0.6 is 0 Å². The fourth-order valence-corrected chi connectivity index (χ4v) is 62.1. The van der Waals surface area contributed by atoms with Crippen molar-refractivity contribution in [3.8, 4) is 11.1 Å². The SMILES string of the molecule is CCCCC1=C[CH]([Zr]([CH3])([CH3])([CH3])([CH3])([CH]2C=Cc3c(-c4ccccc4C)cccc32)[SiH]([SiH3])[SiH3])C=C1.[Cl-].[Cl-]. The standard InChI is InChI=1S/C16H13.C9H13.4CH3.2ClH.H7Si3.Zr/c1-12-6-2-3-9-14(12)16-11-5-8-13-7-4-10-15(13)16;1-2-3-6-9-7-4-5-8-9;;;;;;;1-3-2;/h2-11H,1H3;4-5,7-8H,2-3,6H2,1H3;4*1H3;2*1H;3H,1-2H3;/p-2. The third-order valence-electron chi connectivity index (χ3n) is 11.4. The smallest absolute Gasteiger partial charge is 1.00 e. The van der Waals surface area contributed by atoms with Gasteiger partial charge in [0.2, 0.25) is 0 Å². The molecule has 0 aromatic heterocycles. The summed E-state index contributed by atoms with van der Waals surface area (Å²) in [6, 6.07) is 16.1. The van der Waals surface area contributed by atoms with Crippen LogP contribution in [0.4, 0.5) is 0 Å². The number of halogens is 2. The molecule has 2 aromatic rings. The fraction of sp³-hybridized carbons (Fsp3) is 0.379. The Kier molecular flexibility index (Phi) is 8.15. The van der Waals surface area contributed by atoms with Crippen molar-refractivity contribution in [2.24, 2.45) is 0 Å². The van der Waals surface area contributed by atoms with Gasteiger partial charge in [0.05, 0.1) is 0 Å². The molecule has 193 valence electrons. The van der Waals surface area contributed by atoms with Gasteiger partial charge in [-0.25, -0.2) is 0 Å². The van der Waals surface area contributed by atoms with Crippen molar-refractivity contribution in [2.75, 3.05) is 0 Å². The number of rotatable bonds is 7. The van der Waals surface area contributed by atoms with E-state index in [4.69, 9.17) is 0 Å². The summed E-state index contributed by atoms with van der Waals surface area (Å²) in [5.41, 5.74) is 8.91. The first kappa shape index (κ1) is 31.0. The Hall–Kier alpha value is -0.226. The Labute approximate surface area is 227 Å². The summed E-state index contributed by atoms with van der Waals surface area (Å²) in [6.07, 6.45) is 17.0. The van der Waals surface area contributed by atoms with Crippen LogP contribution in [0.5, 0.6) is 0 Å². The Bertz CT molecular complexity index is 1230. The quantitative estimate of drug-likeness (QED) is 0.390. The van der Waals surface area contributed by atoms with Gasteiger partial charge in [0.15, 0.2) is 0 Å². The minimum atomic E-state index is -4.27. The zero-order valence-electron chi connectivity index (χ0n) is 23.0. The minimum absolute atomic E-state index is 0. The average molecular weight is 640 g/mol. The third-order valence-corrected chi connectivity index (χ3v) is 190. The van der Waals surface area contributed by atoms with E-state index in [1.165, 1.54) is 61.0 Å². The predicted molar refractivity (Wildman–Crippen MR) is 159 cm³/mol. The topological polar surface area (TPSA) is 0 Å². The molecule has 6 heteroatoms. The maximum Gasteiger partial charge on any atom is -1.00 e. The summed E-state index contributed by atoms with van der Waals surface area (Å²) < 4.78 is 12.8. The molecule has 0 nitrogen and oxygen atoms in total. The van der Waals surface area contributed by atoms with Crippen molar-refractivity contribution in [3.05, 3.63) is 89.0 Å². The van der Waals surface area contributed by atoms with E-state index in [0.717, 1.165) is 0 Å². The van der Waals surface area contributed by atoms with Gasteiger partial charge < -0.3 is 24.8 Å². The average Bonchev–Trinajstić information content (AvgIpc) is 3.41. The second-order valence-electron chi connectivity index (χ2n) is 15.3. The summed E-state index contributed by atoms with van der Waals surface area (Å²) in [4.78, 5) is -0.842. The number of hydrogen-bond acceptors (Lipinski definition) is 0. The zero-order chi connectivity index (χ0) is 24.2. The fourth-order valence-electron chi connectivity index (χ4n) is 6.74. The summed E-state index contributed by atoms with van der Waals surface area (Å²) in [5.74, 6) is 0. The first-order valence-corrected chi connectivity index (χ1v) is 40.0. The number of hydrogen-bond donors (Lipinski definition) is 0. The van der Waals surface area contributed by atoms with Gasteiger partial charge in [-0.2, -0.15) is 0 Å². The normalized spacial score (nSPS) is 22.7. The van der Waals surface area contributed by atoms with Crippen molar-refractivity contribution in [3.63, 3.8) is 0 Å². The number of aryl methyl sites for hydroxylation is 1. The van der Waals surface area contributed by atoms with Gasteiger partial charge in [0.1, 0.15) is 0 Å². The summed E-state index contributed by atoms with van der Waals surface area (Å²) in [5, 5.41) is 0. The Balaban J connectivity index is 0.00000216. The van der Waals surface area contributed by atoms with E-state index in [-0.39, 0.29) is 24.8 Å². The molecular weight excluding hydrogens is 595 g/mol. The van der Waals surface area contributed by atoms with Crippen molar-refractivity contribution in [1.82, 2.24) is 0 Å². The molecule has 0 amide bonds. The molecular formula is C29H45Cl2Si3Zr-2. The van der Waals surface area contributed by atoms with Gasteiger partial charge in [-0.1, -0.05) is 0 Å². The van der Waals surface area contributed by atoms with Crippen LogP contribution in [0, 0.1) is 6.92 Å². The molecule has 0 heterocycles. The second-order valence-corrected chi connectivity index (χ2v) is 115. The van der Waals surface area contributed by atoms with E-state index in [2.05, 4.69) is 105 Å². The van der Waals surface area contributed by atoms with Gasteiger partial charge in [0.25, 0.3) is 0 Å². The summed E-state index contributed by atoms with van der Waals surface area (Å²) in [6.45, 7) is 4.56. The van der Waals surface area contributed by atoms with Crippen LogP contribution in [0.2, 0.25) is 22.2 Å². The molecule has 4 rings (SSSR count). The van der Waals surface area contributed by atoms with Gasteiger partial charge in [-0.05, 0) is 0 Å². The molecule has 2 unspecified atom stereocenters. The number of unbranched alkanes of at least 4 members (excludes halogenated alkanes) is 1. The number of benzene rings is 2. The van der Waals surface area contributed by atoms with Crippen LogP contribution in [-0.4, -0.2) is 24.5 Å². The Morgan fingerprint density at radius 2 is 1.51 bits per heavy atom. The number of fused-ring (bicyclic) bond motifs is 1. The molecule has 0 spiro atoms. The molecule has 0 aliphatic heterocycles. The van der Waals surface area contributed by atoms with Crippen LogP contribution < -0.4 is 24.8 Å². The van der Waals surface area contributed by atoms with Gasteiger partial charge in [-0.15, -0.1) is 0 Å².